The van der Waals surface area contributed by atoms with Gasteiger partial charge in [-0.15, -0.1) is 0 Å². The molecule has 3 rings (SSSR count). The van der Waals surface area contributed by atoms with E-state index < -0.39 is 11.6 Å². The quantitative estimate of drug-likeness (QED) is 0.456. The molecule has 0 bridgehead atoms. The predicted molar refractivity (Wildman–Crippen MR) is 103 cm³/mol. The standard InChI is InChI=1S/C24H20F2/c1-15-11-23(25)22(24(26)12-15)10-7-19-5-8-20(9-6-19)21-13-16(2)18(4)17(3)14-21/h5-6,8-9,11-14H,1-4H3. The van der Waals surface area contributed by atoms with E-state index in [2.05, 4.69) is 44.7 Å². The van der Waals surface area contributed by atoms with E-state index >= 15 is 0 Å². The van der Waals surface area contributed by atoms with E-state index in [1.165, 1.54) is 28.8 Å². The van der Waals surface area contributed by atoms with Crippen molar-refractivity contribution in [1.82, 2.24) is 0 Å². The van der Waals surface area contributed by atoms with Crippen LogP contribution < -0.4 is 0 Å². The molecule has 0 saturated carbocycles. The summed E-state index contributed by atoms with van der Waals surface area (Å²) in [7, 11) is 0. The molecule has 0 saturated heterocycles. The lowest BCUT2D eigenvalue weighted by atomic mass is 9.96. The van der Waals surface area contributed by atoms with Crippen LogP contribution in [0.1, 0.15) is 33.4 Å². The molecule has 0 spiro atoms. The molecule has 0 aromatic heterocycles. The van der Waals surface area contributed by atoms with Gasteiger partial charge in [0.2, 0.25) is 0 Å². The van der Waals surface area contributed by atoms with Crippen LogP contribution in [0, 0.1) is 51.2 Å². The van der Waals surface area contributed by atoms with Crippen molar-refractivity contribution >= 4 is 0 Å². The first-order valence-electron chi connectivity index (χ1n) is 8.51. The lowest BCUT2D eigenvalue weighted by molar-refractivity contribution is 0.575. The summed E-state index contributed by atoms with van der Waals surface area (Å²) in [6.07, 6.45) is 0. The van der Waals surface area contributed by atoms with Gasteiger partial charge in [0.25, 0.3) is 0 Å². The van der Waals surface area contributed by atoms with E-state index in [-0.39, 0.29) is 5.56 Å². The minimum absolute atomic E-state index is 0.190. The zero-order valence-corrected chi connectivity index (χ0v) is 15.4. The van der Waals surface area contributed by atoms with Crippen LogP contribution in [0.4, 0.5) is 8.78 Å². The topological polar surface area (TPSA) is 0 Å². The molecule has 2 heteroatoms. The Morgan fingerprint density at radius 3 is 1.73 bits per heavy atom. The highest BCUT2D eigenvalue weighted by Crippen LogP contribution is 2.25. The maximum atomic E-state index is 13.9. The summed E-state index contributed by atoms with van der Waals surface area (Å²) in [6.45, 7) is 7.99. The SMILES string of the molecule is Cc1cc(F)c(C#Cc2ccc(-c3cc(C)c(C)c(C)c3)cc2)c(F)c1. The molecule has 0 aliphatic heterocycles. The Bertz CT molecular complexity index is 986. The van der Waals surface area contributed by atoms with Gasteiger partial charge in [0.05, 0.1) is 5.56 Å². The summed E-state index contributed by atoms with van der Waals surface area (Å²) < 4.78 is 27.7. The Hall–Kier alpha value is -2.92. The Balaban J connectivity index is 1.91. The second-order valence-electron chi connectivity index (χ2n) is 6.67. The number of halogens is 2. The second kappa shape index (κ2) is 7.14. The van der Waals surface area contributed by atoms with E-state index in [1.54, 1.807) is 6.92 Å². The van der Waals surface area contributed by atoms with Gasteiger partial charge in [0.15, 0.2) is 0 Å². The fourth-order valence-corrected chi connectivity index (χ4v) is 2.90. The normalized spacial score (nSPS) is 10.4. The molecule has 0 fully saturated rings. The van der Waals surface area contributed by atoms with Crippen LogP contribution in [-0.2, 0) is 0 Å². The monoisotopic (exact) mass is 346 g/mol. The van der Waals surface area contributed by atoms with Gasteiger partial charge in [-0.25, -0.2) is 8.78 Å². The van der Waals surface area contributed by atoms with Gasteiger partial charge in [-0.05, 0) is 85.3 Å². The molecular weight excluding hydrogens is 326 g/mol. The van der Waals surface area contributed by atoms with Gasteiger partial charge in [-0.1, -0.05) is 36.1 Å². The predicted octanol–water partition coefficient (Wildman–Crippen LogP) is 6.27. The summed E-state index contributed by atoms with van der Waals surface area (Å²) in [4.78, 5) is 0. The van der Waals surface area contributed by atoms with Crippen molar-refractivity contribution in [3.63, 3.8) is 0 Å². The summed E-state index contributed by atoms with van der Waals surface area (Å²) in [5.74, 6) is 4.20. The fraction of sp³-hybridized carbons (Fsp3) is 0.167. The summed E-state index contributed by atoms with van der Waals surface area (Å²) in [6, 6.07) is 14.6. The molecule has 0 atom stereocenters. The smallest absolute Gasteiger partial charge is 0.142 e. The molecule has 0 radical (unpaired) electrons. The van der Waals surface area contributed by atoms with Gasteiger partial charge in [0, 0.05) is 5.56 Å². The third-order valence-corrected chi connectivity index (χ3v) is 4.66. The molecule has 26 heavy (non-hydrogen) atoms. The van der Waals surface area contributed by atoms with Gasteiger partial charge in [0.1, 0.15) is 11.6 Å². The Morgan fingerprint density at radius 1 is 0.654 bits per heavy atom. The third kappa shape index (κ3) is 3.68. The van der Waals surface area contributed by atoms with Crippen molar-refractivity contribution in [2.45, 2.75) is 27.7 Å². The molecule has 0 N–H and O–H groups in total. The van der Waals surface area contributed by atoms with Gasteiger partial charge < -0.3 is 0 Å². The van der Waals surface area contributed by atoms with E-state index in [0.29, 0.717) is 11.1 Å². The Labute approximate surface area is 153 Å². The molecule has 0 unspecified atom stereocenters. The molecule has 0 amide bonds. The highest BCUT2D eigenvalue weighted by Gasteiger charge is 2.07. The average molecular weight is 346 g/mol. The lowest BCUT2D eigenvalue weighted by Gasteiger charge is -2.09. The van der Waals surface area contributed by atoms with Crippen LogP contribution in [0.3, 0.4) is 0 Å². The Kier molecular flexibility index (Phi) is 4.91. The largest absolute Gasteiger partial charge is 0.206 e. The molecule has 3 aromatic rings. The first-order chi connectivity index (χ1) is 12.3. The van der Waals surface area contributed by atoms with Crippen LogP contribution in [0.25, 0.3) is 11.1 Å². The molecule has 3 aromatic carbocycles. The molecule has 130 valence electrons. The van der Waals surface area contributed by atoms with Crippen LogP contribution in [0.5, 0.6) is 0 Å². The average Bonchev–Trinajstić information content (AvgIpc) is 2.59. The van der Waals surface area contributed by atoms with Gasteiger partial charge in [-0.3, -0.25) is 0 Å². The van der Waals surface area contributed by atoms with E-state index in [9.17, 15) is 8.78 Å². The van der Waals surface area contributed by atoms with Crippen LogP contribution in [-0.4, -0.2) is 0 Å². The van der Waals surface area contributed by atoms with Crippen molar-refractivity contribution in [1.29, 1.82) is 0 Å². The maximum absolute atomic E-state index is 13.9. The van der Waals surface area contributed by atoms with Crippen LogP contribution >= 0.6 is 0 Å². The molecule has 0 heterocycles. The maximum Gasteiger partial charge on any atom is 0.142 e. The minimum atomic E-state index is -0.628. The number of hydrogen-bond donors (Lipinski definition) is 0. The van der Waals surface area contributed by atoms with Crippen molar-refractivity contribution in [2.75, 3.05) is 0 Å². The zero-order valence-electron chi connectivity index (χ0n) is 15.4. The number of rotatable bonds is 1. The summed E-state index contributed by atoms with van der Waals surface area (Å²) >= 11 is 0. The highest BCUT2D eigenvalue weighted by atomic mass is 19.1. The highest BCUT2D eigenvalue weighted by molar-refractivity contribution is 5.67. The van der Waals surface area contributed by atoms with Crippen molar-refractivity contribution in [3.05, 3.63) is 93.5 Å². The second-order valence-corrected chi connectivity index (χ2v) is 6.67. The number of hydrogen-bond acceptors (Lipinski definition) is 0. The molecule has 0 aliphatic carbocycles. The molecule has 0 nitrogen and oxygen atoms in total. The minimum Gasteiger partial charge on any atom is -0.206 e. The van der Waals surface area contributed by atoms with E-state index in [1.807, 2.05) is 24.3 Å². The number of aryl methyl sites for hydroxylation is 3. The molecule has 0 aliphatic rings. The van der Waals surface area contributed by atoms with E-state index in [4.69, 9.17) is 0 Å². The third-order valence-electron chi connectivity index (χ3n) is 4.66. The van der Waals surface area contributed by atoms with Gasteiger partial charge >= 0.3 is 0 Å². The van der Waals surface area contributed by atoms with Crippen molar-refractivity contribution in [3.8, 4) is 23.0 Å². The summed E-state index contributed by atoms with van der Waals surface area (Å²) in [5, 5.41) is 0. The van der Waals surface area contributed by atoms with Crippen LogP contribution in [0.2, 0.25) is 0 Å². The van der Waals surface area contributed by atoms with Crippen molar-refractivity contribution < 1.29 is 8.78 Å². The first-order valence-corrected chi connectivity index (χ1v) is 8.51. The number of benzene rings is 3. The summed E-state index contributed by atoms with van der Waals surface area (Å²) in [5.41, 5.74) is 7.13. The van der Waals surface area contributed by atoms with Gasteiger partial charge in [-0.2, -0.15) is 0 Å². The van der Waals surface area contributed by atoms with E-state index in [0.717, 1.165) is 11.1 Å². The van der Waals surface area contributed by atoms with Crippen LogP contribution in [0.15, 0.2) is 48.5 Å². The zero-order chi connectivity index (χ0) is 18.8. The molecular formula is C24H20F2. The lowest BCUT2D eigenvalue weighted by Crippen LogP contribution is -1.91. The fourth-order valence-electron chi connectivity index (χ4n) is 2.90. The first kappa shape index (κ1) is 17.9. The Morgan fingerprint density at radius 2 is 1.19 bits per heavy atom. The van der Waals surface area contributed by atoms with Crippen molar-refractivity contribution in [2.24, 2.45) is 0 Å².